The molecule has 0 bridgehead atoms. The van der Waals surface area contributed by atoms with Crippen molar-refractivity contribution in [1.29, 1.82) is 0 Å². The molecule has 0 radical (unpaired) electrons. The molecule has 0 saturated carbocycles. The standard InChI is InChI=1S/C6H15OPS/c1-4-9(5-2,6-3)8-7/h4-6H2,1-3H3. The summed E-state index contributed by atoms with van der Waals surface area (Å²) >= 11 is 0. The molecular weight excluding hydrogens is 151 g/mol. The van der Waals surface area contributed by atoms with Crippen LogP contribution in [0.25, 0.3) is 0 Å². The molecule has 0 spiro atoms. The van der Waals surface area contributed by atoms with Gasteiger partial charge in [-0.3, -0.25) is 0 Å². The topological polar surface area (TPSA) is 17.1 Å². The minimum atomic E-state index is -0.731. The second-order valence-electron chi connectivity index (χ2n) is 1.94. The summed E-state index contributed by atoms with van der Waals surface area (Å²) in [5.41, 5.74) is 0. The summed E-state index contributed by atoms with van der Waals surface area (Å²) in [6, 6.07) is 0. The average Bonchev–Trinajstić information content (AvgIpc) is 1.95. The van der Waals surface area contributed by atoms with Crippen molar-refractivity contribution in [3.05, 3.63) is 0 Å². The van der Waals surface area contributed by atoms with Crippen LogP contribution in [0.15, 0.2) is 0 Å². The van der Waals surface area contributed by atoms with E-state index in [1.807, 2.05) is 0 Å². The van der Waals surface area contributed by atoms with Crippen LogP contribution in [-0.4, -0.2) is 17.3 Å². The Kier molecular flexibility index (Phi) is 4.69. The quantitative estimate of drug-likeness (QED) is 0.505. The molecule has 0 saturated heterocycles. The van der Waals surface area contributed by atoms with E-state index in [2.05, 4.69) is 20.8 Å². The van der Waals surface area contributed by atoms with Crippen LogP contribution in [0, 0.1) is 0 Å². The van der Waals surface area contributed by atoms with E-state index < -0.39 is 9.00 Å². The van der Waals surface area contributed by atoms with Gasteiger partial charge in [0.25, 0.3) is 0 Å². The van der Waals surface area contributed by atoms with Crippen LogP contribution in [0.1, 0.15) is 20.8 Å². The molecule has 0 aliphatic rings. The minimum absolute atomic E-state index is 0.402. The monoisotopic (exact) mass is 166 g/mol. The van der Waals surface area contributed by atoms with Crippen molar-refractivity contribution in [2.24, 2.45) is 0 Å². The summed E-state index contributed by atoms with van der Waals surface area (Å²) in [6.45, 7) is 6.40. The van der Waals surface area contributed by atoms with Gasteiger partial charge in [0.2, 0.25) is 0 Å². The van der Waals surface area contributed by atoms with Crippen molar-refractivity contribution >= 4 is 16.0 Å². The van der Waals surface area contributed by atoms with Gasteiger partial charge in [-0.15, -0.1) is 0 Å². The van der Waals surface area contributed by atoms with Crippen LogP contribution in [0.4, 0.5) is 0 Å². The third kappa shape index (κ3) is 2.35. The van der Waals surface area contributed by atoms with E-state index in [-0.39, 0.29) is 0 Å². The second-order valence-corrected chi connectivity index (χ2v) is 8.59. The number of hydrogen-bond acceptors (Lipinski definition) is 1. The Balaban J connectivity index is 4.56. The molecule has 0 atom stereocenters. The van der Waals surface area contributed by atoms with E-state index in [0.717, 1.165) is 17.3 Å². The Morgan fingerprint density at radius 1 is 1.11 bits per heavy atom. The van der Waals surface area contributed by atoms with Crippen molar-refractivity contribution in [2.45, 2.75) is 20.8 Å². The van der Waals surface area contributed by atoms with E-state index >= 15 is 0 Å². The number of hydrogen-bond donors (Lipinski definition) is 0. The van der Waals surface area contributed by atoms with Gasteiger partial charge in [0.15, 0.2) is 0 Å². The molecule has 9 heavy (non-hydrogen) atoms. The molecule has 0 aromatic heterocycles. The normalized spacial score (nSPS) is 11.4. The Morgan fingerprint density at radius 3 is 1.44 bits per heavy atom. The summed E-state index contributed by atoms with van der Waals surface area (Å²) in [5.74, 6) is 3.31. The van der Waals surface area contributed by atoms with Crippen molar-refractivity contribution < 1.29 is 4.57 Å². The zero-order valence-corrected chi connectivity index (χ0v) is 8.10. The van der Waals surface area contributed by atoms with E-state index in [0.29, 0.717) is 7.03 Å². The fourth-order valence-corrected chi connectivity index (χ4v) is 3.26. The summed E-state index contributed by atoms with van der Waals surface area (Å²) in [7, 11) is -0.330. The number of rotatable bonds is 0. The van der Waals surface area contributed by atoms with Crippen LogP contribution in [0.3, 0.4) is 0 Å². The third-order valence-electron chi connectivity index (χ3n) is 1.77. The molecule has 0 rings (SSSR count). The van der Waals surface area contributed by atoms with E-state index in [4.69, 9.17) is 0 Å². The summed E-state index contributed by atoms with van der Waals surface area (Å²) < 4.78 is 10.7. The van der Waals surface area contributed by atoms with Crippen molar-refractivity contribution in [3.8, 4) is 0 Å². The molecule has 56 valence electrons. The van der Waals surface area contributed by atoms with Gasteiger partial charge >= 0.3 is 58.6 Å². The molecule has 0 aromatic rings. The fourth-order valence-electron chi connectivity index (χ4n) is 0.770. The first-order chi connectivity index (χ1) is 4.24. The second kappa shape index (κ2) is 4.40. The van der Waals surface area contributed by atoms with Gasteiger partial charge in [0, 0.05) is 0 Å². The molecule has 3 heteroatoms. The first-order valence-electron chi connectivity index (χ1n) is 3.35. The Morgan fingerprint density at radius 2 is 1.44 bits per heavy atom. The van der Waals surface area contributed by atoms with Crippen LogP contribution >= 0.6 is 16.0 Å². The summed E-state index contributed by atoms with van der Waals surface area (Å²) in [6.07, 6.45) is 0. The van der Waals surface area contributed by atoms with E-state index in [1.165, 1.54) is 0 Å². The first kappa shape index (κ1) is 9.58. The predicted molar refractivity (Wildman–Crippen MR) is 46.8 cm³/mol. The van der Waals surface area contributed by atoms with Gasteiger partial charge in [0.1, 0.15) is 0 Å². The van der Waals surface area contributed by atoms with Gasteiger partial charge in [-0.05, 0) is 0 Å². The molecule has 0 fully saturated rings. The maximum atomic E-state index is 10.7. The van der Waals surface area contributed by atoms with Gasteiger partial charge in [-0.2, -0.15) is 0 Å². The summed E-state index contributed by atoms with van der Waals surface area (Å²) in [5, 5.41) is 0. The molecule has 0 heterocycles. The van der Waals surface area contributed by atoms with Gasteiger partial charge < -0.3 is 0 Å². The van der Waals surface area contributed by atoms with E-state index in [1.54, 1.807) is 0 Å². The molecule has 0 N–H and O–H groups in total. The summed E-state index contributed by atoms with van der Waals surface area (Å²) in [4.78, 5) is 0. The fraction of sp³-hybridized carbons (Fsp3) is 1.00. The SMILES string of the molecule is CCS(CC)(CC)#P=O. The Labute approximate surface area is 59.2 Å². The van der Waals surface area contributed by atoms with Gasteiger partial charge in [0.05, 0.1) is 0 Å². The van der Waals surface area contributed by atoms with Gasteiger partial charge in [-0.25, -0.2) is 0 Å². The van der Waals surface area contributed by atoms with Crippen LogP contribution in [0.2, 0.25) is 0 Å². The molecule has 0 aromatic carbocycles. The molecule has 0 aliphatic heterocycles. The molecule has 1 nitrogen and oxygen atoms in total. The zero-order valence-electron chi connectivity index (χ0n) is 6.39. The van der Waals surface area contributed by atoms with Crippen LogP contribution in [-0.2, 0) is 4.57 Å². The maximum absolute atomic E-state index is 10.7. The van der Waals surface area contributed by atoms with Crippen LogP contribution < -0.4 is 0 Å². The zero-order chi connectivity index (χ0) is 7.33. The average molecular weight is 166 g/mol. The first-order valence-corrected chi connectivity index (χ1v) is 6.91. The van der Waals surface area contributed by atoms with Crippen molar-refractivity contribution in [3.63, 3.8) is 0 Å². The molecule has 0 unspecified atom stereocenters. The molecule has 0 aliphatic carbocycles. The Hall–Kier alpha value is 0.580. The molecule has 0 amide bonds. The van der Waals surface area contributed by atoms with Gasteiger partial charge in [-0.1, -0.05) is 0 Å². The van der Waals surface area contributed by atoms with E-state index in [9.17, 15) is 4.57 Å². The Bertz CT molecular complexity index is 187. The third-order valence-corrected chi connectivity index (χ3v) is 8.58. The molecular formula is C6H15OPS. The predicted octanol–water partition coefficient (Wildman–Crippen LogP) is 3.06. The van der Waals surface area contributed by atoms with Crippen molar-refractivity contribution in [1.82, 2.24) is 0 Å². The van der Waals surface area contributed by atoms with Crippen LogP contribution in [0.5, 0.6) is 0 Å². The van der Waals surface area contributed by atoms with Crippen molar-refractivity contribution in [2.75, 3.05) is 17.3 Å².